The number of anilines is 1. The molecule has 0 atom stereocenters. The highest BCUT2D eigenvalue weighted by Gasteiger charge is 2.34. The number of aliphatic imine (C=N–C) groups is 1. The van der Waals surface area contributed by atoms with Crippen LogP contribution in [0.1, 0.15) is 11.1 Å². The molecule has 0 saturated carbocycles. The van der Waals surface area contributed by atoms with Gasteiger partial charge in [0.2, 0.25) is 6.79 Å². The Balaban J connectivity index is 1.62. The molecule has 0 radical (unpaired) electrons. The van der Waals surface area contributed by atoms with Crippen molar-refractivity contribution < 1.29 is 19.0 Å². The number of carbonyl (C=O) groups excluding carboxylic acids is 1. The molecule has 0 aliphatic carbocycles. The lowest BCUT2D eigenvalue weighted by atomic mass is 10.1. The van der Waals surface area contributed by atoms with E-state index in [0.717, 1.165) is 15.6 Å². The molecule has 2 aliphatic heterocycles. The molecule has 154 valence electrons. The van der Waals surface area contributed by atoms with Gasteiger partial charge >= 0.3 is 0 Å². The average molecular weight is 477 g/mol. The smallest absolute Gasteiger partial charge is 0.282 e. The van der Waals surface area contributed by atoms with Gasteiger partial charge in [-0.2, -0.15) is 0 Å². The first-order valence-electron chi connectivity index (χ1n) is 9.57. The van der Waals surface area contributed by atoms with Crippen molar-refractivity contribution >= 4 is 39.4 Å². The molecule has 31 heavy (non-hydrogen) atoms. The van der Waals surface area contributed by atoms with Gasteiger partial charge in [0.05, 0.1) is 18.4 Å². The summed E-state index contributed by atoms with van der Waals surface area (Å²) in [6, 6.07) is 20.6. The van der Waals surface area contributed by atoms with Crippen LogP contribution in [0, 0.1) is 0 Å². The predicted molar refractivity (Wildman–Crippen MR) is 122 cm³/mol. The van der Waals surface area contributed by atoms with Crippen LogP contribution in [0.5, 0.6) is 17.2 Å². The number of methoxy groups -OCH3 is 1. The van der Waals surface area contributed by atoms with Gasteiger partial charge in [-0.05, 0) is 60.2 Å². The first-order chi connectivity index (χ1) is 15.1. The van der Waals surface area contributed by atoms with Crippen LogP contribution in [0.15, 0.2) is 81.9 Å². The molecule has 0 saturated heterocycles. The van der Waals surface area contributed by atoms with E-state index >= 15 is 0 Å². The minimum atomic E-state index is -0.221. The molecule has 7 heteroatoms. The minimum absolute atomic E-state index is 0.196. The molecule has 0 aromatic heterocycles. The summed E-state index contributed by atoms with van der Waals surface area (Å²) in [7, 11) is 1.60. The molecule has 0 fully saturated rings. The van der Waals surface area contributed by atoms with Crippen molar-refractivity contribution in [3.8, 4) is 17.2 Å². The van der Waals surface area contributed by atoms with Gasteiger partial charge in [-0.3, -0.25) is 9.69 Å². The number of amidine groups is 1. The number of hydrogen-bond donors (Lipinski definition) is 0. The van der Waals surface area contributed by atoms with Crippen molar-refractivity contribution in [2.24, 2.45) is 4.99 Å². The third-order valence-corrected chi connectivity index (χ3v) is 5.52. The molecular formula is C24H17BrN2O4. The molecule has 5 rings (SSSR count). The van der Waals surface area contributed by atoms with E-state index in [1.54, 1.807) is 18.1 Å². The summed E-state index contributed by atoms with van der Waals surface area (Å²) in [5.41, 5.74) is 2.57. The van der Waals surface area contributed by atoms with Crippen LogP contribution in [0.25, 0.3) is 6.08 Å². The van der Waals surface area contributed by atoms with Gasteiger partial charge in [-0.1, -0.05) is 34.1 Å². The van der Waals surface area contributed by atoms with Crippen molar-refractivity contribution in [1.29, 1.82) is 0 Å². The fraction of sp³-hybridized carbons (Fsp3) is 0.0833. The Morgan fingerprint density at radius 3 is 2.61 bits per heavy atom. The van der Waals surface area contributed by atoms with Crippen molar-refractivity contribution in [2.75, 3.05) is 18.8 Å². The maximum atomic E-state index is 13.4. The fourth-order valence-electron chi connectivity index (χ4n) is 3.52. The van der Waals surface area contributed by atoms with Gasteiger partial charge in [0.15, 0.2) is 17.3 Å². The Morgan fingerprint density at radius 1 is 1.03 bits per heavy atom. The van der Waals surface area contributed by atoms with Crippen LogP contribution in [0.2, 0.25) is 0 Å². The summed E-state index contributed by atoms with van der Waals surface area (Å²) in [6.45, 7) is 0.196. The van der Waals surface area contributed by atoms with Gasteiger partial charge in [0.1, 0.15) is 11.4 Å². The zero-order valence-corrected chi connectivity index (χ0v) is 18.1. The van der Waals surface area contributed by atoms with Crippen molar-refractivity contribution in [2.45, 2.75) is 0 Å². The van der Waals surface area contributed by atoms with Crippen molar-refractivity contribution in [1.82, 2.24) is 0 Å². The van der Waals surface area contributed by atoms with Crippen LogP contribution in [0.3, 0.4) is 0 Å². The van der Waals surface area contributed by atoms with Crippen LogP contribution in [0.4, 0.5) is 5.69 Å². The van der Waals surface area contributed by atoms with Gasteiger partial charge in [0, 0.05) is 4.47 Å². The van der Waals surface area contributed by atoms with E-state index < -0.39 is 0 Å². The Kier molecular flexibility index (Phi) is 4.95. The Morgan fingerprint density at radius 2 is 1.81 bits per heavy atom. The number of rotatable bonds is 4. The number of halogens is 1. The lowest BCUT2D eigenvalue weighted by Crippen LogP contribution is -2.32. The summed E-state index contributed by atoms with van der Waals surface area (Å²) in [4.78, 5) is 19.8. The summed E-state index contributed by atoms with van der Waals surface area (Å²) < 4.78 is 17.3. The number of nitrogens with zero attached hydrogens (tertiary/aromatic N) is 2. The summed E-state index contributed by atoms with van der Waals surface area (Å²) in [6.07, 6.45) is 1.75. The van der Waals surface area contributed by atoms with Gasteiger partial charge in [-0.25, -0.2) is 4.99 Å². The van der Waals surface area contributed by atoms with E-state index in [1.807, 2.05) is 66.7 Å². The third-order valence-electron chi connectivity index (χ3n) is 4.99. The molecule has 0 N–H and O–H groups in total. The van der Waals surface area contributed by atoms with Crippen LogP contribution >= 0.6 is 15.9 Å². The van der Waals surface area contributed by atoms with E-state index in [-0.39, 0.29) is 12.7 Å². The molecule has 3 aromatic carbocycles. The molecule has 3 aromatic rings. The van der Waals surface area contributed by atoms with E-state index in [9.17, 15) is 4.79 Å². The Labute approximate surface area is 187 Å². The van der Waals surface area contributed by atoms with Crippen LogP contribution < -0.4 is 19.1 Å². The van der Waals surface area contributed by atoms with Crippen LogP contribution in [-0.4, -0.2) is 25.6 Å². The molecule has 0 bridgehead atoms. The highest BCUT2D eigenvalue weighted by molar-refractivity contribution is 9.10. The van der Waals surface area contributed by atoms with E-state index in [1.165, 1.54) is 0 Å². The Hall–Kier alpha value is -3.58. The number of carbonyl (C=O) groups is 1. The molecule has 6 nitrogen and oxygen atoms in total. The van der Waals surface area contributed by atoms with Gasteiger partial charge in [0.25, 0.3) is 5.91 Å². The number of hydrogen-bond acceptors (Lipinski definition) is 5. The first kappa shape index (κ1) is 19.4. The standard InChI is InChI=1S/C24H17BrN2O4/c1-29-20-5-3-2-4-18(20)23-26-19(12-15-6-11-21-22(13-15)31-14-30-21)24(28)27(23)17-9-7-16(25)8-10-17/h2-13H,14H2,1H3. The second-order valence-electron chi connectivity index (χ2n) is 6.89. The number of fused-ring (bicyclic) bond motifs is 1. The monoisotopic (exact) mass is 476 g/mol. The number of ether oxygens (including phenoxy) is 3. The highest BCUT2D eigenvalue weighted by Crippen LogP contribution is 2.35. The van der Waals surface area contributed by atoms with E-state index in [2.05, 4.69) is 15.9 Å². The summed E-state index contributed by atoms with van der Waals surface area (Å²) in [5, 5.41) is 0. The topological polar surface area (TPSA) is 60.4 Å². The summed E-state index contributed by atoms with van der Waals surface area (Å²) in [5.74, 6) is 2.27. The fourth-order valence-corrected chi connectivity index (χ4v) is 3.78. The minimum Gasteiger partial charge on any atom is -0.496 e. The first-order valence-corrected chi connectivity index (χ1v) is 10.4. The van der Waals surface area contributed by atoms with E-state index in [0.29, 0.717) is 34.5 Å². The van der Waals surface area contributed by atoms with Crippen molar-refractivity contribution in [3.63, 3.8) is 0 Å². The Bertz CT molecular complexity index is 1230. The zero-order chi connectivity index (χ0) is 21.4. The largest absolute Gasteiger partial charge is 0.496 e. The third kappa shape index (κ3) is 3.57. The van der Waals surface area contributed by atoms with Gasteiger partial charge < -0.3 is 14.2 Å². The lowest BCUT2D eigenvalue weighted by Gasteiger charge is -2.20. The molecular weight excluding hydrogens is 460 g/mol. The molecule has 1 amide bonds. The molecule has 0 unspecified atom stereocenters. The number of amides is 1. The molecule has 2 heterocycles. The molecule has 0 spiro atoms. The maximum Gasteiger partial charge on any atom is 0.282 e. The van der Waals surface area contributed by atoms with Crippen LogP contribution in [-0.2, 0) is 4.79 Å². The second-order valence-corrected chi connectivity index (χ2v) is 7.81. The quantitative estimate of drug-likeness (QED) is 0.496. The predicted octanol–water partition coefficient (Wildman–Crippen LogP) is 5.02. The summed E-state index contributed by atoms with van der Waals surface area (Å²) >= 11 is 3.45. The SMILES string of the molecule is COc1ccccc1C1=NC(=Cc2ccc3c(c2)OCO3)C(=O)N1c1ccc(Br)cc1. The highest BCUT2D eigenvalue weighted by atomic mass is 79.9. The second kappa shape index (κ2) is 7.92. The molecule has 2 aliphatic rings. The normalized spacial score (nSPS) is 16.1. The number of para-hydroxylation sites is 1. The average Bonchev–Trinajstić information content (AvgIpc) is 3.39. The maximum absolute atomic E-state index is 13.4. The van der Waals surface area contributed by atoms with E-state index in [4.69, 9.17) is 19.2 Å². The zero-order valence-electron chi connectivity index (χ0n) is 16.5. The van der Waals surface area contributed by atoms with Crippen molar-refractivity contribution in [3.05, 3.63) is 88.0 Å². The van der Waals surface area contributed by atoms with Gasteiger partial charge in [-0.15, -0.1) is 0 Å². The number of benzene rings is 3. The lowest BCUT2D eigenvalue weighted by molar-refractivity contribution is -0.113.